The van der Waals surface area contributed by atoms with Crippen LogP contribution in [0.15, 0.2) is 42.3 Å². The van der Waals surface area contributed by atoms with Gasteiger partial charge in [0.15, 0.2) is 5.43 Å². The molecule has 0 amide bonds. The van der Waals surface area contributed by atoms with Gasteiger partial charge < -0.3 is 0 Å². The van der Waals surface area contributed by atoms with Crippen molar-refractivity contribution in [3.05, 3.63) is 63.9 Å². The molecule has 84 valence electrons. The zero-order valence-electron chi connectivity index (χ0n) is 9.11. The standard InChI is InChI=1S/C14H10ClNO/c1-3-9-5-6-13-12(7-10(15)8-16-13)14(17)11(9)4-2/h3-8H,1-2H2. The Balaban J connectivity index is 3.06. The van der Waals surface area contributed by atoms with Gasteiger partial charge >= 0.3 is 0 Å². The van der Waals surface area contributed by atoms with Gasteiger partial charge in [-0.1, -0.05) is 43.0 Å². The van der Waals surface area contributed by atoms with Gasteiger partial charge in [0.2, 0.25) is 0 Å². The molecule has 0 saturated heterocycles. The molecule has 0 radical (unpaired) electrons. The van der Waals surface area contributed by atoms with Crippen molar-refractivity contribution in [1.82, 2.24) is 4.98 Å². The Bertz CT molecular complexity index is 677. The zero-order chi connectivity index (χ0) is 12.4. The van der Waals surface area contributed by atoms with Crippen LogP contribution in [-0.2, 0) is 0 Å². The van der Waals surface area contributed by atoms with E-state index < -0.39 is 0 Å². The van der Waals surface area contributed by atoms with Crippen molar-refractivity contribution in [3.8, 4) is 0 Å². The lowest BCUT2D eigenvalue weighted by Gasteiger charge is -1.93. The first-order valence-corrected chi connectivity index (χ1v) is 5.42. The molecule has 0 unspecified atom stereocenters. The fourth-order valence-electron chi connectivity index (χ4n) is 1.69. The van der Waals surface area contributed by atoms with Crippen LogP contribution >= 0.6 is 11.6 Å². The molecule has 0 spiro atoms. The van der Waals surface area contributed by atoms with Crippen LogP contribution in [0.4, 0.5) is 0 Å². The Hall–Kier alpha value is -1.93. The highest BCUT2D eigenvalue weighted by Gasteiger charge is 2.05. The highest BCUT2D eigenvalue weighted by atomic mass is 35.5. The molecule has 0 aliphatic heterocycles. The van der Waals surface area contributed by atoms with E-state index >= 15 is 0 Å². The van der Waals surface area contributed by atoms with E-state index in [9.17, 15) is 4.79 Å². The molecule has 0 atom stereocenters. The van der Waals surface area contributed by atoms with Gasteiger partial charge in [-0.2, -0.15) is 0 Å². The number of hydrogen-bond donors (Lipinski definition) is 0. The van der Waals surface area contributed by atoms with Crippen molar-refractivity contribution in [2.24, 2.45) is 0 Å². The van der Waals surface area contributed by atoms with Crippen LogP contribution in [0, 0.1) is 0 Å². The first kappa shape index (κ1) is 11.6. The number of fused-ring (bicyclic) bond motifs is 1. The second-order valence-corrected chi connectivity index (χ2v) is 3.96. The molecular formula is C14H10ClNO. The van der Waals surface area contributed by atoms with Gasteiger partial charge in [-0.15, -0.1) is 0 Å². The van der Waals surface area contributed by atoms with E-state index in [1.807, 2.05) is 0 Å². The first-order valence-electron chi connectivity index (χ1n) is 5.05. The zero-order valence-corrected chi connectivity index (χ0v) is 9.87. The van der Waals surface area contributed by atoms with Gasteiger partial charge in [-0.25, -0.2) is 0 Å². The summed E-state index contributed by atoms with van der Waals surface area (Å²) in [5, 5.41) is 0.927. The average Bonchev–Trinajstić information content (AvgIpc) is 2.46. The van der Waals surface area contributed by atoms with Gasteiger partial charge in [0.1, 0.15) is 0 Å². The monoisotopic (exact) mass is 243 g/mol. The maximum Gasteiger partial charge on any atom is 0.195 e. The molecule has 2 aromatic rings. The van der Waals surface area contributed by atoms with Crippen LogP contribution in [0.2, 0.25) is 5.02 Å². The van der Waals surface area contributed by atoms with E-state index in [0.717, 1.165) is 5.56 Å². The van der Waals surface area contributed by atoms with Crippen LogP contribution in [0.1, 0.15) is 11.1 Å². The minimum Gasteiger partial charge on any atom is -0.289 e. The summed E-state index contributed by atoms with van der Waals surface area (Å²) in [4.78, 5) is 16.4. The Labute approximate surface area is 104 Å². The Morgan fingerprint density at radius 3 is 2.65 bits per heavy atom. The molecule has 0 saturated carbocycles. The fraction of sp³-hybridized carbons (Fsp3) is 0. The number of nitrogens with zero attached hydrogens (tertiary/aromatic N) is 1. The minimum absolute atomic E-state index is 0.134. The third-order valence-corrected chi connectivity index (χ3v) is 2.74. The van der Waals surface area contributed by atoms with Gasteiger partial charge in [0.05, 0.1) is 10.5 Å². The molecule has 1 aromatic heterocycles. The molecule has 3 heteroatoms. The lowest BCUT2D eigenvalue weighted by Crippen LogP contribution is -2.03. The number of pyridine rings is 1. The summed E-state index contributed by atoms with van der Waals surface area (Å²) in [5.41, 5.74) is 1.72. The van der Waals surface area contributed by atoms with Crippen molar-refractivity contribution >= 4 is 34.7 Å². The van der Waals surface area contributed by atoms with Gasteiger partial charge in [0, 0.05) is 17.1 Å². The maximum absolute atomic E-state index is 12.3. The van der Waals surface area contributed by atoms with Crippen molar-refractivity contribution in [1.29, 1.82) is 0 Å². The van der Waals surface area contributed by atoms with Crippen LogP contribution in [0.25, 0.3) is 23.1 Å². The van der Waals surface area contributed by atoms with Crippen molar-refractivity contribution < 1.29 is 0 Å². The Morgan fingerprint density at radius 2 is 2.00 bits per heavy atom. The summed E-state index contributed by atoms with van der Waals surface area (Å²) in [6, 6.07) is 5.19. The Kier molecular flexibility index (Phi) is 3.07. The lowest BCUT2D eigenvalue weighted by molar-refractivity contribution is 1.41. The molecule has 0 aliphatic carbocycles. The van der Waals surface area contributed by atoms with Crippen LogP contribution in [-0.4, -0.2) is 4.98 Å². The van der Waals surface area contributed by atoms with E-state index in [0.29, 0.717) is 21.5 Å². The lowest BCUT2D eigenvalue weighted by atomic mass is 10.1. The van der Waals surface area contributed by atoms with Crippen molar-refractivity contribution in [2.75, 3.05) is 0 Å². The third-order valence-electron chi connectivity index (χ3n) is 2.53. The second-order valence-electron chi connectivity index (χ2n) is 3.53. The van der Waals surface area contributed by atoms with E-state index in [2.05, 4.69) is 18.1 Å². The normalized spacial score (nSPS) is 10.2. The largest absolute Gasteiger partial charge is 0.289 e. The quantitative estimate of drug-likeness (QED) is 0.808. The number of halogens is 1. The van der Waals surface area contributed by atoms with Crippen LogP contribution in [0.3, 0.4) is 0 Å². The molecule has 2 rings (SSSR count). The first-order chi connectivity index (χ1) is 8.17. The summed E-state index contributed by atoms with van der Waals surface area (Å²) < 4.78 is 0. The number of aromatic nitrogens is 1. The smallest absolute Gasteiger partial charge is 0.195 e. The molecule has 0 N–H and O–H groups in total. The molecule has 1 heterocycles. The predicted molar refractivity (Wildman–Crippen MR) is 73.2 cm³/mol. The molecule has 17 heavy (non-hydrogen) atoms. The minimum atomic E-state index is -0.134. The number of hydrogen-bond acceptors (Lipinski definition) is 2. The molecule has 1 aromatic carbocycles. The Morgan fingerprint density at radius 1 is 1.24 bits per heavy atom. The van der Waals surface area contributed by atoms with E-state index in [1.54, 1.807) is 24.3 Å². The second kappa shape index (κ2) is 4.52. The van der Waals surface area contributed by atoms with Crippen molar-refractivity contribution in [2.45, 2.75) is 0 Å². The summed E-state index contributed by atoms with van der Waals surface area (Å²) in [6.07, 6.45) is 4.67. The summed E-state index contributed by atoms with van der Waals surface area (Å²) in [6.45, 7) is 7.34. The highest BCUT2D eigenvalue weighted by molar-refractivity contribution is 6.31. The van der Waals surface area contributed by atoms with E-state index in [1.165, 1.54) is 12.3 Å². The summed E-state index contributed by atoms with van der Waals surface area (Å²) >= 11 is 5.86. The SMILES string of the molecule is C=Cc1ccc2ncc(Cl)cc2c(=O)c1C=C. The van der Waals surface area contributed by atoms with Crippen molar-refractivity contribution in [3.63, 3.8) is 0 Å². The fourth-order valence-corrected chi connectivity index (χ4v) is 1.85. The molecule has 0 fully saturated rings. The van der Waals surface area contributed by atoms with Gasteiger partial charge in [-0.3, -0.25) is 9.78 Å². The summed E-state index contributed by atoms with van der Waals surface area (Å²) in [7, 11) is 0. The van der Waals surface area contributed by atoms with Crippen LogP contribution < -0.4 is 5.43 Å². The molecule has 0 aliphatic rings. The molecule has 0 bridgehead atoms. The predicted octanol–water partition coefficient (Wildman–Crippen LogP) is 3.53. The topological polar surface area (TPSA) is 30.0 Å². The van der Waals surface area contributed by atoms with Gasteiger partial charge in [-0.05, 0) is 17.7 Å². The third kappa shape index (κ3) is 1.99. The van der Waals surface area contributed by atoms with Crippen LogP contribution in [0.5, 0.6) is 0 Å². The van der Waals surface area contributed by atoms with Gasteiger partial charge in [0.25, 0.3) is 0 Å². The maximum atomic E-state index is 12.3. The number of rotatable bonds is 2. The average molecular weight is 244 g/mol. The summed E-state index contributed by atoms with van der Waals surface area (Å²) in [5.74, 6) is 0. The molecule has 2 nitrogen and oxygen atoms in total. The van der Waals surface area contributed by atoms with E-state index in [4.69, 9.17) is 11.6 Å². The van der Waals surface area contributed by atoms with E-state index in [-0.39, 0.29) is 5.43 Å². The highest BCUT2D eigenvalue weighted by Crippen LogP contribution is 2.16. The molecular weight excluding hydrogens is 234 g/mol.